The van der Waals surface area contributed by atoms with E-state index in [-0.39, 0.29) is 48.9 Å². The van der Waals surface area contributed by atoms with Crippen molar-refractivity contribution in [3.8, 4) is 0 Å². The van der Waals surface area contributed by atoms with Crippen molar-refractivity contribution in [2.45, 2.75) is 25.7 Å². The molecule has 0 unspecified atom stereocenters. The van der Waals surface area contributed by atoms with Gasteiger partial charge in [-0.05, 0) is 51.9 Å². The fourth-order valence-electron chi connectivity index (χ4n) is 1.82. The van der Waals surface area contributed by atoms with Crippen molar-refractivity contribution in [1.82, 2.24) is 10.2 Å². The first kappa shape index (κ1) is 33.9. The van der Waals surface area contributed by atoms with Gasteiger partial charge >= 0.3 is 5.97 Å². The third-order valence-electron chi connectivity index (χ3n) is 3.02. The standard InChI is InChI=1S/C14H30N4O3S2.3ClH/c15-5-3-8-17-7-1-2-9-18(10-4-6-16)13(19)11-22-23-12-14(20)21;;;/h17H,1-12,15-16H2,(H,20,21);3*1H. The van der Waals surface area contributed by atoms with E-state index in [1.165, 1.54) is 21.6 Å². The summed E-state index contributed by atoms with van der Waals surface area (Å²) < 4.78 is 0. The van der Waals surface area contributed by atoms with E-state index in [4.69, 9.17) is 16.6 Å². The number of nitrogens with zero attached hydrogens (tertiary/aromatic N) is 1. The van der Waals surface area contributed by atoms with Crippen molar-refractivity contribution < 1.29 is 14.7 Å². The third-order valence-corrected chi connectivity index (χ3v) is 5.13. The lowest BCUT2D eigenvalue weighted by Gasteiger charge is -2.22. The van der Waals surface area contributed by atoms with Crippen LogP contribution in [-0.2, 0) is 9.59 Å². The zero-order valence-corrected chi connectivity index (χ0v) is 19.0. The highest BCUT2D eigenvalue weighted by atomic mass is 35.5. The van der Waals surface area contributed by atoms with Crippen LogP contribution in [0.15, 0.2) is 0 Å². The van der Waals surface area contributed by atoms with Crippen LogP contribution < -0.4 is 16.8 Å². The molecule has 1 amide bonds. The molecule has 0 saturated heterocycles. The number of carboxylic acids is 1. The Labute approximate surface area is 183 Å². The van der Waals surface area contributed by atoms with Crippen LogP contribution in [0.2, 0.25) is 0 Å². The molecule has 0 atom stereocenters. The van der Waals surface area contributed by atoms with Crippen molar-refractivity contribution in [3.63, 3.8) is 0 Å². The molecule has 0 aromatic heterocycles. The minimum absolute atomic E-state index is 0. The van der Waals surface area contributed by atoms with E-state index >= 15 is 0 Å². The number of halogens is 3. The molecule has 7 nitrogen and oxygen atoms in total. The van der Waals surface area contributed by atoms with Crippen LogP contribution in [-0.4, -0.2) is 72.7 Å². The van der Waals surface area contributed by atoms with Crippen LogP contribution in [0.3, 0.4) is 0 Å². The lowest BCUT2D eigenvalue weighted by molar-refractivity contribution is -0.134. The van der Waals surface area contributed by atoms with Gasteiger partial charge in [0.25, 0.3) is 0 Å². The van der Waals surface area contributed by atoms with Crippen LogP contribution >= 0.6 is 58.8 Å². The first-order chi connectivity index (χ1) is 11.1. The molecule has 0 spiro atoms. The Morgan fingerprint density at radius 3 is 1.96 bits per heavy atom. The van der Waals surface area contributed by atoms with Gasteiger partial charge in [-0.2, -0.15) is 0 Å². The molecule has 0 radical (unpaired) electrons. The summed E-state index contributed by atoms with van der Waals surface area (Å²) in [6, 6.07) is 0. The maximum atomic E-state index is 12.2. The summed E-state index contributed by atoms with van der Waals surface area (Å²) in [6.45, 7) is 4.52. The normalized spacial score (nSPS) is 9.46. The summed E-state index contributed by atoms with van der Waals surface area (Å²) in [5.41, 5.74) is 10.9. The topological polar surface area (TPSA) is 122 Å². The Balaban J connectivity index is -0.000000807. The minimum Gasteiger partial charge on any atom is -0.481 e. The molecule has 26 heavy (non-hydrogen) atoms. The number of hydrogen-bond acceptors (Lipinski definition) is 7. The molecule has 0 saturated carbocycles. The number of nitrogens with two attached hydrogens (primary N) is 2. The molecule has 0 aliphatic rings. The van der Waals surface area contributed by atoms with Crippen LogP contribution in [0.1, 0.15) is 25.7 Å². The molecule has 0 aromatic carbocycles. The van der Waals surface area contributed by atoms with Gasteiger partial charge < -0.3 is 26.8 Å². The van der Waals surface area contributed by atoms with Gasteiger partial charge in [-0.1, -0.05) is 21.6 Å². The van der Waals surface area contributed by atoms with Crippen LogP contribution in [0, 0.1) is 0 Å². The number of carbonyl (C=O) groups is 2. The van der Waals surface area contributed by atoms with Crippen molar-refractivity contribution in [1.29, 1.82) is 0 Å². The van der Waals surface area contributed by atoms with E-state index in [0.29, 0.717) is 25.4 Å². The summed E-state index contributed by atoms with van der Waals surface area (Å²) in [6.07, 6.45) is 3.72. The van der Waals surface area contributed by atoms with E-state index in [9.17, 15) is 9.59 Å². The van der Waals surface area contributed by atoms with Gasteiger partial charge in [0, 0.05) is 13.1 Å². The summed E-state index contributed by atoms with van der Waals surface area (Å²) in [7, 11) is 2.49. The summed E-state index contributed by atoms with van der Waals surface area (Å²) in [4.78, 5) is 24.4. The predicted octanol–water partition coefficient (Wildman–Crippen LogP) is 1.61. The molecule has 0 bridgehead atoms. The van der Waals surface area contributed by atoms with Gasteiger partial charge in [0.05, 0.1) is 5.75 Å². The first-order valence-corrected chi connectivity index (χ1v) is 10.5. The van der Waals surface area contributed by atoms with Gasteiger partial charge in [-0.25, -0.2) is 0 Å². The molecule has 160 valence electrons. The van der Waals surface area contributed by atoms with Crippen LogP contribution in [0.25, 0.3) is 0 Å². The highest BCUT2D eigenvalue weighted by Gasteiger charge is 2.13. The molecule has 0 aromatic rings. The predicted molar refractivity (Wildman–Crippen MR) is 120 cm³/mol. The van der Waals surface area contributed by atoms with E-state index < -0.39 is 5.97 Å². The fourth-order valence-corrected chi connectivity index (χ4v) is 3.48. The third kappa shape index (κ3) is 22.4. The Kier molecular flexibility index (Phi) is 33.1. The van der Waals surface area contributed by atoms with E-state index in [1.807, 2.05) is 4.90 Å². The van der Waals surface area contributed by atoms with E-state index in [2.05, 4.69) is 5.32 Å². The number of carbonyl (C=O) groups excluding carboxylic acids is 1. The van der Waals surface area contributed by atoms with Crippen LogP contribution in [0.5, 0.6) is 0 Å². The first-order valence-electron chi connectivity index (χ1n) is 7.96. The second-order valence-corrected chi connectivity index (χ2v) is 7.50. The maximum Gasteiger partial charge on any atom is 0.314 e. The molecule has 6 N–H and O–H groups in total. The molecule has 0 aliphatic carbocycles. The van der Waals surface area contributed by atoms with Gasteiger partial charge in [0.2, 0.25) is 5.91 Å². The minimum atomic E-state index is -0.864. The largest absolute Gasteiger partial charge is 0.481 e. The number of aliphatic carboxylic acids is 1. The Bertz CT molecular complexity index is 336. The molecule has 0 aliphatic heterocycles. The zero-order chi connectivity index (χ0) is 17.3. The quantitative estimate of drug-likeness (QED) is 0.196. The number of amides is 1. The lowest BCUT2D eigenvalue weighted by atomic mass is 10.2. The zero-order valence-electron chi connectivity index (χ0n) is 14.9. The fraction of sp³-hybridized carbons (Fsp3) is 0.857. The van der Waals surface area contributed by atoms with Crippen molar-refractivity contribution in [2.75, 3.05) is 50.8 Å². The summed E-state index contributed by atoms with van der Waals surface area (Å²) >= 11 is 0. The summed E-state index contributed by atoms with van der Waals surface area (Å²) in [5.74, 6) is -0.499. The molecule has 0 heterocycles. The SMILES string of the molecule is Cl.Cl.Cl.NCCCNCCCCN(CCCN)C(=O)CSSCC(=O)O. The second kappa shape index (κ2) is 25.4. The monoisotopic (exact) mass is 474 g/mol. The van der Waals surface area contributed by atoms with Crippen molar-refractivity contribution >= 4 is 70.7 Å². The molecular formula is C14H33Cl3N4O3S2. The van der Waals surface area contributed by atoms with E-state index in [1.54, 1.807) is 0 Å². The number of unbranched alkanes of at least 4 members (excludes halogenated alkanes) is 1. The highest BCUT2D eigenvalue weighted by Crippen LogP contribution is 2.21. The molecule has 12 heteroatoms. The molecule has 0 fully saturated rings. The average Bonchev–Trinajstić information content (AvgIpc) is 2.53. The number of nitrogens with one attached hydrogen (secondary N) is 1. The Morgan fingerprint density at radius 1 is 0.846 bits per heavy atom. The number of hydrogen-bond donors (Lipinski definition) is 4. The number of rotatable bonds is 16. The summed E-state index contributed by atoms with van der Waals surface area (Å²) in [5, 5.41) is 11.9. The smallest absolute Gasteiger partial charge is 0.314 e. The van der Waals surface area contributed by atoms with E-state index in [0.717, 1.165) is 45.3 Å². The van der Waals surface area contributed by atoms with Gasteiger partial charge in [-0.15, -0.1) is 37.2 Å². The van der Waals surface area contributed by atoms with Gasteiger partial charge in [0.1, 0.15) is 5.75 Å². The number of carboxylic acid groups (broad SMARTS) is 1. The van der Waals surface area contributed by atoms with Gasteiger partial charge in [-0.3, -0.25) is 9.59 Å². The Hall–Kier alpha value is 0.390. The second-order valence-electron chi connectivity index (χ2n) is 5.04. The molecule has 0 rings (SSSR count). The van der Waals surface area contributed by atoms with Crippen LogP contribution in [0.4, 0.5) is 0 Å². The highest BCUT2D eigenvalue weighted by molar-refractivity contribution is 8.77. The maximum absolute atomic E-state index is 12.2. The lowest BCUT2D eigenvalue weighted by Crippen LogP contribution is -2.35. The average molecular weight is 476 g/mol. The van der Waals surface area contributed by atoms with Crippen molar-refractivity contribution in [3.05, 3.63) is 0 Å². The molecular weight excluding hydrogens is 443 g/mol. The van der Waals surface area contributed by atoms with Gasteiger partial charge in [0.15, 0.2) is 0 Å². The van der Waals surface area contributed by atoms with Crippen molar-refractivity contribution in [2.24, 2.45) is 11.5 Å². The Morgan fingerprint density at radius 2 is 1.38 bits per heavy atom.